The van der Waals surface area contributed by atoms with Crippen LogP contribution in [0.15, 0.2) is 0 Å². The maximum atomic E-state index is 11.2. The number of aliphatic hydroxyl groups excluding tert-OH is 1. The Labute approximate surface area is 96.8 Å². The molecule has 1 aliphatic heterocycles. The Morgan fingerprint density at radius 2 is 2.06 bits per heavy atom. The van der Waals surface area contributed by atoms with E-state index in [1.807, 2.05) is 0 Å². The maximum absolute atomic E-state index is 11.2. The lowest BCUT2D eigenvalue weighted by molar-refractivity contribution is -0.124. The van der Waals surface area contributed by atoms with Gasteiger partial charge in [0.1, 0.15) is 0 Å². The fraction of sp³-hybridized carbons (Fsp3) is 0.917. The van der Waals surface area contributed by atoms with Gasteiger partial charge in [0.2, 0.25) is 5.91 Å². The van der Waals surface area contributed by atoms with Crippen molar-refractivity contribution in [1.29, 1.82) is 0 Å². The van der Waals surface area contributed by atoms with E-state index in [2.05, 4.69) is 11.8 Å². The summed E-state index contributed by atoms with van der Waals surface area (Å²) in [7, 11) is 0. The molecule has 0 radical (unpaired) electrons. The SMILES string of the molecule is CC1CCC(C(N)=O)CN1[C@@H]1CCC[C@H]1O. The van der Waals surface area contributed by atoms with E-state index in [1.54, 1.807) is 0 Å². The van der Waals surface area contributed by atoms with Crippen LogP contribution in [-0.2, 0) is 4.79 Å². The van der Waals surface area contributed by atoms with Crippen molar-refractivity contribution in [2.24, 2.45) is 11.7 Å². The first-order chi connectivity index (χ1) is 7.59. The van der Waals surface area contributed by atoms with Crippen LogP contribution in [0.3, 0.4) is 0 Å². The summed E-state index contributed by atoms with van der Waals surface area (Å²) >= 11 is 0. The molecule has 16 heavy (non-hydrogen) atoms. The summed E-state index contributed by atoms with van der Waals surface area (Å²) in [5.74, 6) is -0.214. The number of rotatable bonds is 2. The minimum absolute atomic E-state index is 0.0241. The zero-order valence-electron chi connectivity index (χ0n) is 9.93. The van der Waals surface area contributed by atoms with E-state index in [0.717, 1.165) is 38.6 Å². The minimum atomic E-state index is -0.214. The van der Waals surface area contributed by atoms with Gasteiger partial charge in [-0.1, -0.05) is 0 Å². The summed E-state index contributed by atoms with van der Waals surface area (Å²) in [5, 5.41) is 9.93. The van der Waals surface area contributed by atoms with Gasteiger partial charge >= 0.3 is 0 Å². The molecule has 3 N–H and O–H groups in total. The Kier molecular flexibility index (Phi) is 3.50. The topological polar surface area (TPSA) is 66.6 Å². The van der Waals surface area contributed by atoms with Gasteiger partial charge in [0, 0.05) is 18.6 Å². The van der Waals surface area contributed by atoms with Gasteiger partial charge in [-0.3, -0.25) is 9.69 Å². The number of piperidine rings is 1. The molecule has 1 heterocycles. The average molecular weight is 226 g/mol. The Balaban J connectivity index is 2.03. The van der Waals surface area contributed by atoms with Crippen molar-refractivity contribution in [3.8, 4) is 0 Å². The van der Waals surface area contributed by atoms with Gasteiger partial charge < -0.3 is 10.8 Å². The fourth-order valence-electron chi connectivity index (χ4n) is 3.14. The van der Waals surface area contributed by atoms with Gasteiger partial charge in [-0.05, 0) is 39.0 Å². The highest BCUT2D eigenvalue weighted by Gasteiger charge is 2.37. The number of hydrogen-bond donors (Lipinski definition) is 2. The van der Waals surface area contributed by atoms with E-state index in [0.29, 0.717) is 6.04 Å². The molecule has 2 rings (SSSR count). The molecule has 2 unspecified atom stereocenters. The lowest BCUT2D eigenvalue weighted by Crippen LogP contribution is -2.52. The van der Waals surface area contributed by atoms with E-state index >= 15 is 0 Å². The minimum Gasteiger partial charge on any atom is -0.391 e. The molecule has 1 aliphatic carbocycles. The van der Waals surface area contributed by atoms with Crippen LogP contribution < -0.4 is 5.73 Å². The Hall–Kier alpha value is -0.610. The largest absolute Gasteiger partial charge is 0.391 e. The van der Waals surface area contributed by atoms with E-state index in [1.165, 1.54) is 0 Å². The van der Waals surface area contributed by atoms with Crippen LogP contribution in [0.5, 0.6) is 0 Å². The molecule has 1 saturated carbocycles. The summed E-state index contributed by atoms with van der Waals surface area (Å²) in [4.78, 5) is 13.5. The zero-order valence-corrected chi connectivity index (χ0v) is 9.93. The summed E-state index contributed by atoms with van der Waals surface area (Å²) in [6.07, 6.45) is 4.74. The zero-order chi connectivity index (χ0) is 11.7. The number of amides is 1. The van der Waals surface area contributed by atoms with Crippen molar-refractivity contribution in [3.05, 3.63) is 0 Å². The van der Waals surface area contributed by atoms with Crippen LogP contribution in [0.25, 0.3) is 0 Å². The second-order valence-electron chi connectivity index (χ2n) is 5.29. The second-order valence-corrected chi connectivity index (χ2v) is 5.29. The first-order valence-corrected chi connectivity index (χ1v) is 6.32. The maximum Gasteiger partial charge on any atom is 0.221 e. The molecule has 0 spiro atoms. The number of hydrogen-bond acceptors (Lipinski definition) is 3. The highest BCUT2D eigenvalue weighted by atomic mass is 16.3. The van der Waals surface area contributed by atoms with Crippen LogP contribution in [0.1, 0.15) is 39.0 Å². The van der Waals surface area contributed by atoms with Crippen molar-refractivity contribution in [2.75, 3.05) is 6.54 Å². The number of aliphatic hydroxyl groups is 1. The Bertz CT molecular complexity index is 270. The van der Waals surface area contributed by atoms with Crippen LogP contribution in [0.2, 0.25) is 0 Å². The first-order valence-electron chi connectivity index (χ1n) is 6.32. The smallest absolute Gasteiger partial charge is 0.221 e. The lowest BCUT2D eigenvalue weighted by atomic mass is 9.91. The molecular formula is C12H22N2O2. The van der Waals surface area contributed by atoms with E-state index in [9.17, 15) is 9.90 Å². The molecule has 1 saturated heterocycles. The molecule has 1 amide bonds. The predicted octanol–water partition coefficient (Wildman–Crippen LogP) is 0.486. The third kappa shape index (κ3) is 2.23. The fourth-order valence-corrected chi connectivity index (χ4v) is 3.14. The molecule has 0 aromatic rings. The van der Waals surface area contributed by atoms with Crippen LogP contribution in [-0.4, -0.2) is 40.6 Å². The number of primary amides is 1. The quantitative estimate of drug-likeness (QED) is 0.720. The third-order valence-electron chi connectivity index (χ3n) is 4.20. The van der Waals surface area contributed by atoms with E-state index in [-0.39, 0.29) is 24.0 Å². The molecular weight excluding hydrogens is 204 g/mol. The van der Waals surface area contributed by atoms with Gasteiger partial charge in [0.15, 0.2) is 0 Å². The number of nitrogens with two attached hydrogens (primary N) is 1. The predicted molar refractivity (Wildman–Crippen MR) is 61.7 cm³/mol. The molecule has 4 heteroatoms. The molecule has 4 nitrogen and oxygen atoms in total. The van der Waals surface area contributed by atoms with Gasteiger partial charge in [-0.2, -0.15) is 0 Å². The molecule has 2 fully saturated rings. The van der Waals surface area contributed by atoms with Gasteiger partial charge in [0.25, 0.3) is 0 Å². The van der Waals surface area contributed by atoms with Crippen molar-refractivity contribution < 1.29 is 9.90 Å². The Morgan fingerprint density at radius 3 is 2.62 bits per heavy atom. The molecule has 0 bridgehead atoms. The molecule has 92 valence electrons. The van der Waals surface area contributed by atoms with Crippen molar-refractivity contribution >= 4 is 5.91 Å². The number of carbonyl (C=O) groups excluding carboxylic acids is 1. The summed E-state index contributed by atoms with van der Waals surface area (Å²) in [6, 6.07) is 0.713. The van der Waals surface area contributed by atoms with Crippen LogP contribution in [0, 0.1) is 5.92 Å². The second kappa shape index (κ2) is 4.72. The molecule has 0 aromatic carbocycles. The normalized spacial score (nSPS) is 41.1. The molecule has 4 atom stereocenters. The highest BCUT2D eigenvalue weighted by Crippen LogP contribution is 2.31. The summed E-state index contributed by atoms with van der Waals surface area (Å²) < 4.78 is 0. The van der Waals surface area contributed by atoms with Crippen molar-refractivity contribution in [3.63, 3.8) is 0 Å². The molecule has 0 aromatic heterocycles. The third-order valence-corrected chi connectivity index (χ3v) is 4.20. The van der Waals surface area contributed by atoms with Gasteiger partial charge in [-0.15, -0.1) is 0 Å². The number of nitrogens with zero attached hydrogens (tertiary/aromatic N) is 1. The standard InChI is InChI=1S/C12H22N2O2/c1-8-5-6-9(12(13)16)7-14(8)10-3-2-4-11(10)15/h8-11,15H,2-7H2,1H3,(H2,13,16)/t8?,9?,10-,11-/m1/s1. The van der Waals surface area contributed by atoms with Crippen molar-refractivity contribution in [2.45, 2.75) is 57.2 Å². The monoisotopic (exact) mass is 226 g/mol. The van der Waals surface area contributed by atoms with E-state index in [4.69, 9.17) is 5.73 Å². The lowest BCUT2D eigenvalue weighted by Gasteiger charge is -2.41. The highest BCUT2D eigenvalue weighted by molar-refractivity contribution is 5.77. The Morgan fingerprint density at radius 1 is 1.31 bits per heavy atom. The van der Waals surface area contributed by atoms with Gasteiger partial charge in [-0.25, -0.2) is 0 Å². The number of likely N-dealkylation sites (tertiary alicyclic amines) is 1. The van der Waals surface area contributed by atoms with Crippen LogP contribution in [0.4, 0.5) is 0 Å². The first kappa shape index (κ1) is 11.9. The summed E-state index contributed by atoms with van der Waals surface area (Å²) in [5.41, 5.74) is 5.38. The van der Waals surface area contributed by atoms with E-state index < -0.39 is 0 Å². The average Bonchev–Trinajstić information content (AvgIpc) is 2.65. The van der Waals surface area contributed by atoms with Gasteiger partial charge in [0.05, 0.1) is 12.0 Å². The van der Waals surface area contributed by atoms with Crippen molar-refractivity contribution in [1.82, 2.24) is 4.90 Å². The van der Waals surface area contributed by atoms with Crippen LogP contribution >= 0.6 is 0 Å². The number of carbonyl (C=O) groups is 1. The summed E-state index contributed by atoms with van der Waals surface area (Å²) in [6.45, 7) is 2.92. The molecule has 2 aliphatic rings.